The van der Waals surface area contributed by atoms with E-state index in [1.54, 1.807) is 24.3 Å². The number of aryl methyl sites for hydroxylation is 2. The third-order valence-electron chi connectivity index (χ3n) is 5.58. The first-order chi connectivity index (χ1) is 15.7. The van der Waals surface area contributed by atoms with Gasteiger partial charge in [0, 0.05) is 16.5 Å². The number of rotatable bonds is 4. The van der Waals surface area contributed by atoms with Gasteiger partial charge in [0.05, 0.1) is 5.69 Å². The highest BCUT2D eigenvalue weighted by molar-refractivity contribution is 6.39. The largest absolute Gasteiger partial charge is 0.335 e. The van der Waals surface area contributed by atoms with Crippen LogP contribution in [0.2, 0.25) is 10.0 Å². The Bertz CT molecular complexity index is 1330. The molecular weight excluding hydrogens is 459 g/mol. The molecule has 5 nitrogen and oxygen atoms in total. The van der Waals surface area contributed by atoms with E-state index in [9.17, 15) is 14.4 Å². The zero-order chi connectivity index (χ0) is 23.7. The molecule has 1 aliphatic heterocycles. The topological polar surface area (TPSA) is 66.5 Å². The molecule has 3 aromatic carbocycles. The van der Waals surface area contributed by atoms with Gasteiger partial charge >= 0.3 is 6.03 Å². The Hall–Kier alpha value is -3.41. The predicted molar refractivity (Wildman–Crippen MR) is 131 cm³/mol. The van der Waals surface area contributed by atoms with Crippen LogP contribution >= 0.6 is 23.2 Å². The average molecular weight is 479 g/mol. The minimum absolute atomic E-state index is 0.150. The van der Waals surface area contributed by atoms with Gasteiger partial charge in [0.25, 0.3) is 11.8 Å². The Labute approximate surface area is 201 Å². The van der Waals surface area contributed by atoms with E-state index in [2.05, 4.69) is 5.32 Å². The number of nitrogens with one attached hydrogen (secondary N) is 1. The summed E-state index contributed by atoms with van der Waals surface area (Å²) in [6.45, 7) is 3.82. The van der Waals surface area contributed by atoms with Gasteiger partial charge in [-0.2, -0.15) is 0 Å². The van der Waals surface area contributed by atoms with Crippen molar-refractivity contribution in [2.45, 2.75) is 20.3 Å². The molecule has 7 heteroatoms. The maximum atomic E-state index is 13.1. The Morgan fingerprint density at radius 3 is 2.27 bits per heavy atom. The van der Waals surface area contributed by atoms with Gasteiger partial charge in [0.15, 0.2) is 0 Å². The fourth-order valence-electron chi connectivity index (χ4n) is 3.57. The number of hydrogen-bond acceptors (Lipinski definition) is 3. The second-order valence-electron chi connectivity index (χ2n) is 7.85. The molecule has 0 unspecified atom stereocenters. The normalized spacial score (nSPS) is 15.2. The van der Waals surface area contributed by atoms with Crippen LogP contribution in [0.3, 0.4) is 0 Å². The smallest absolute Gasteiger partial charge is 0.273 e. The van der Waals surface area contributed by atoms with Crippen molar-refractivity contribution in [1.82, 2.24) is 5.32 Å². The number of anilines is 1. The van der Waals surface area contributed by atoms with Gasteiger partial charge < -0.3 is 0 Å². The Balaban J connectivity index is 1.64. The van der Waals surface area contributed by atoms with Gasteiger partial charge in [-0.15, -0.1) is 0 Å². The fraction of sp³-hybridized carbons (Fsp3) is 0.115. The van der Waals surface area contributed by atoms with Gasteiger partial charge in [-0.25, -0.2) is 9.69 Å². The quantitative estimate of drug-likeness (QED) is 0.376. The summed E-state index contributed by atoms with van der Waals surface area (Å²) in [5.74, 6) is -1.44. The van der Waals surface area contributed by atoms with E-state index in [1.807, 2.05) is 50.2 Å². The van der Waals surface area contributed by atoms with Crippen molar-refractivity contribution in [3.05, 3.63) is 104 Å². The van der Waals surface area contributed by atoms with Crippen LogP contribution in [0, 0.1) is 13.8 Å². The second-order valence-corrected chi connectivity index (χ2v) is 8.66. The van der Waals surface area contributed by atoms with E-state index in [0.29, 0.717) is 27.7 Å². The Kier molecular flexibility index (Phi) is 6.36. The zero-order valence-corrected chi connectivity index (χ0v) is 19.5. The number of nitrogens with zero attached hydrogens (tertiary/aromatic N) is 1. The van der Waals surface area contributed by atoms with Gasteiger partial charge in [-0.1, -0.05) is 59.6 Å². The van der Waals surface area contributed by atoms with Crippen LogP contribution in [0.25, 0.3) is 6.08 Å². The molecule has 0 atom stereocenters. The first kappa shape index (κ1) is 22.8. The van der Waals surface area contributed by atoms with Crippen molar-refractivity contribution in [1.29, 1.82) is 0 Å². The first-order valence-corrected chi connectivity index (χ1v) is 11.0. The van der Waals surface area contributed by atoms with Gasteiger partial charge in [0.1, 0.15) is 5.57 Å². The van der Waals surface area contributed by atoms with Crippen LogP contribution in [0.15, 0.2) is 66.2 Å². The SMILES string of the molecule is Cc1ccc(N2C(=O)NC(=O)/C(=C\c3ccc(Cc4ccccc4Cl)c(Cl)c3)C2=O)cc1C. The minimum atomic E-state index is -0.779. The number of urea groups is 1. The van der Waals surface area contributed by atoms with Crippen LogP contribution in [0.1, 0.15) is 27.8 Å². The first-order valence-electron chi connectivity index (χ1n) is 10.2. The third-order valence-corrected chi connectivity index (χ3v) is 6.30. The van der Waals surface area contributed by atoms with Crippen LogP contribution in [0.4, 0.5) is 10.5 Å². The Morgan fingerprint density at radius 1 is 0.848 bits per heavy atom. The monoisotopic (exact) mass is 478 g/mol. The number of halogens is 2. The summed E-state index contributed by atoms with van der Waals surface area (Å²) in [5.41, 5.74) is 4.57. The summed E-state index contributed by atoms with van der Waals surface area (Å²) in [4.78, 5) is 38.9. The molecule has 0 aliphatic carbocycles. The number of barbiturate groups is 1. The summed E-state index contributed by atoms with van der Waals surface area (Å²) in [5, 5.41) is 3.37. The standard InChI is InChI=1S/C26H20Cl2N2O3/c1-15-7-10-20(11-16(15)2)30-25(32)21(24(31)29-26(30)33)12-17-8-9-19(23(28)13-17)14-18-5-3-4-6-22(18)27/h3-13H,14H2,1-2H3,(H,29,31,33)/b21-12+. The van der Waals surface area contributed by atoms with Crippen LogP contribution in [-0.4, -0.2) is 17.8 Å². The van der Waals surface area contributed by atoms with Crippen molar-refractivity contribution >= 4 is 52.8 Å². The molecule has 4 rings (SSSR count). The van der Waals surface area contributed by atoms with Gasteiger partial charge in [-0.3, -0.25) is 14.9 Å². The van der Waals surface area contributed by atoms with E-state index in [-0.39, 0.29) is 5.57 Å². The summed E-state index contributed by atoms with van der Waals surface area (Å²) >= 11 is 12.7. The third kappa shape index (κ3) is 4.70. The molecule has 0 radical (unpaired) electrons. The molecule has 1 fully saturated rings. The molecule has 0 bridgehead atoms. The number of carbonyl (C=O) groups excluding carboxylic acids is 3. The van der Waals surface area contributed by atoms with Gasteiger partial charge in [0.2, 0.25) is 0 Å². The molecule has 0 saturated carbocycles. The molecule has 0 aromatic heterocycles. The van der Waals surface area contributed by atoms with Crippen molar-refractivity contribution in [2.24, 2.45) is 0 Å². The molecule has 0 spiro atoms. The lowest BCUT2D eigenvalue weighted by Gasteiger charge is -2.26. The molecule has 1 saturated heterocycles. The lowest BCUT2D eigenvalue weighted by atomic mass is 10.0. The number of amides is 4. The fourth-order valence-corrected chi connectivity index (χ4v) is 4.03. The van der Waals surface area contributed by atoms with Gasteiger partial charge in [-0.05, 0) is 72.0 Å². The lowest BCUT2D eigenvalue weighted by Crippen LogP contribution is -2.54. The molecule has 1 N–H and O–H groups in total. The molecule has 33 heavy (non-hydrogen) atoms. The predicted octanol–water partition coefficient (Wildman–Crippen LogP) is 5.87. The molecule has 1 aliphatic rings. The highest BCUT2D eigenvalue weighted by Crippen LogP contribution is 2.27. The van der Waals surface area contributed by atoms with Crippen LogP contribution in [0.5, 0.6) is 0 Å². The van der Waals surface area contributed by atoms with Crippen molar-refractivity contribution in [3.63, 3.8) is 0 Å². The minimum Gasteiger partial charge on any atom is -0.273 e. The summed E-state index contributed by atoms with van der Waals surface area (Å²) in [6, 6.07) is 17.2. The molecule has 166 valence electrons. The highest BCUT2D eigenvalue weighted by Gasteiger charge is 2.36. The van der Waals surface area contributed by atoms with E-state index >= 15 is 0 Å². The molecule has 1 heterocycles. The summed E-state index contributed by atoms with van der Waals surface area (Å²) < 4.78 is 0. The number of benzene rings is 3. The van der Waals surface area contributed by atoms with E-state index in [1.165, 1.54) is 6.08 Å². The van der Waals surface area contributed by atoms with Crippen molar-refractivity contribution < 1.29 is 14.4 Å². The van der Waals surface area contributed by atoms with Crippen LogP contribution in [-0.2, 0) is 16.0 Å². The summed E-state index contributed by atoms with van der Waals surface area (Å²) in [7, 11) is 0. The second kappa shape index (κ2) is 9.22. The van der Waals surface area contributed by atoms with E-state index in [0.717, 1.165) is 27.2 Å². The maximum absolute atomic E-state index is 13.1. The van der Waals surface area contributed by atoms with Crippen molar-refractivity contribution in [3.8, 4) is 0 Å². The summed E-state index contributed by atoms with van der Waals surface area (Å²) in [6.07, 6.45) is 1.98. The van der Waals surface area contributed by atoms with E-state index < -0.39 is 17.8 Å². The van der Waals surface area contributed by atoms with Crippen molar-refractivity contribution in [2.75, 3.05) is 4.90 Å². The zero-order valence-electron chi connectivity index (χ0n) is 18.0. The lowest BCUT2D eigenvalue weighted by molar-refractivity contribution is -0.122. The molecular formula is C26H20Cl2N2O3. The number of carbonyl (C=O) groups is 3. The Morgan fingerprint density at radius 2 is 1.58 bits per heavy atom. The molecule has 3 aromatic rings. The number of hydrogen-bond donors (Lipinski definition) is 1. The number of imide groups is 2. The van der Waals surface area contributed by atoms with E-state index in [4.69, 9.17) is 23.2 Å². The molecule has 4 amide bonds. The maximum Gasteiger partial charge on any atom is 0.335 e. The average Bonchev–Trinajstić information content (AvgIpc) is 2.76. The van der Waals surface area contributed by atoms with Crippen LogP contribution < -0.4 is 10.2 Å². The highest BCUT2D eigenvalue weighted by atomic mass is 35.5.